The summed E-state index contributed by atoms with van der Waals surface area (Å²) in [6.07, 6.45) is 6.88. The molecule has 1 aliphatic carbocycles. The molecule has 2 unspecified atom stereocenters. The molecule has 2 N–H and O–H groups in total. The van der Waals surface area contributed by atoms with E-state index in [0.717, 1.165) is 9.59 Å². The zero-order chi connectivity index (χ0) is 12.3. The molecule has 1 aromatic rings. The van der Waals surface area contributed by atoms with Crippen LogP contribution < -0.4 is 5.73 Å². The molecule has 17 heavy (non-hydrogen) atoms. The molecule has 1 saturated carbocycles. The van der Waals surface area contributed by atoms with Crippen LogP contribution >= 0.6 is 34.7 Å². The Morgan fingerprint density at radius 1 is 1.35 bits per heavy atom. The van der Waals surface area contributed by atoms with Crippen molar-refractivity contribution in [3.8, 4) is 0 Å². The number of rotatable bonds is 4. The van der Waals surface area contributed by atoms with Crippen LogP contribution in [0.25, 0.3) is 0 Å². The number of hydrogen-bond acceptors (Lipinski definition) is 3. The molecule has 0 aromatic carbocycles. The van der Waals surface area contributed by atoms with Gasteiger partial charge in [-0.2, -0.15) is 0 Å². The molecule has 0 aliphatic heterocycles. The second kappa shape index (κ2) is 6.46. The Hall–Kier alpha value is 0.300. The van der Waals surface area contributed by atoms with Gasteiger partial charge in [-0.1, -0.05) is 30.9 Å². The number of thiophene rings is 1. The van der Waals surface area contributed by atoms with Crippen molar-refractivity contribution in [2.24, 2.45) is 5.73 Å². The second-order valence-corrected chi connectivity index (χ2v) is 8.01. The Morgan fingerprint density at radius 2 is 2.06 bits per heavy atom. The van der Waals surface area contributed by atoms with E-state index in [9.17, 15) is 0 Å². The van der Waals surface area contributed by atoms with Gasteiger partial charge in [-0.3, -0.25) is 0 Å². The maximum Gasteiger partial charge on any atom is 0.0931 e. The first-order valence-electron chi connectivity index (χ1n) is 6.33. The molecular formula is C13H20ClNS2. The fourth-order valence-corrected chi connectivity index (χ4v) is 5.29. The molecule has 1 fully saturated rings. The predicted molar refractivity (Wildman–Crippen MR) is 80.2 cm³/mol. The summed E-state index contributed by atoms with van der Waals surface area (Å²) in [5, 5.41) is 1.20. The van der Waals surface area contributed by atoms with Crippen molar-refractivity contribution in [3.05, 3.63) is 21.3 Å². The number of thioether (sulfide) groups is 1. The number of hydrogen-bond donors (Lipinski definition) is 1. The third kappa shape index (κ3) is 3.88. The van der Waals surface area contributed by atoms with E-state index >= 15 is 0 Å². The molecule has 1 aliphatic rings. The van der Waals surface area contributed by atoms with E-state index < -0.39 is 0 Å². The van der Waals surface area contributed by atoms with Crippen LogP contribution in [0.5, 0.6) is 0 Å². The first kappa shape index (κ1) is 13.7. The highest BCUT2D eigenvalue weighted by Gasteiger charge is 2.24. The monoisotopic (exact) mass is 289 g/mol. The van der Waals surface area contributed by atoms with Gasteiger partial charge in [-0.15, -0.1) is 23.1 Å². The Morgan fingerprint density at radius 3 is 2.59 bits per heavy atom. The van der Waals surface area contributed by atoms with Crippen molar-refractivity contribution in [1.29, 1.82) is 0 Å². The molecule has 2 atom stereocenters. The van der Waals surface area contributed by atoms with E-state index in [4.69, 9.17) is 17.3 Å². The lowest BCUT2D eigenvalue weighted by atomic mass is 10.0. The molecule has 2 rings (SSSR count). The first-order valence-corrected chi connectivity index (χ1v) is 8.47. The van der Waals surface area contributed by atoms with Crippen molar-refractivity contribution in [3.63, 3.8) is 0 Å². The van der Waals surface area contributed by atoms with Gasteiger partial charge in [-0.25, -0.2) is 0 Å². The smallest absolute Gasteiger partial charge is 0.0931 e. The van der Waals surface area contributed by atoms with Crippen molar-refractivity contribution < 1.29 is 0 Å². The fraction of sp³-hybridized carbons (Fsp3) is 0.692. The van der Waals surface area contributed by atoms with E-state index in [1.165, 1.54) is 37.0 Å². The highest BCUT2D eigenvalue weighted by atomic mass is 35.5. The van der Waals surface area contributed by atoms with Gasteiger partial charge in [0.25, 0.3) is 0 Å². The van der Waals surface area contributed by atoms with Gasteiger partial charge in [0.2, 0.25) is 0 Å². The van der Waals surface area contributed by atoms with Gasteiger partial charge in [0.15, 0.2) is 0 Å². The summed E-state index contributed by atoms with van der Waals surface area (Å²) >= 11 is 9.76. The average molecular weight is 290 g/mol. The average Bonchev–Trinajstić information content (AvgIpc) is 2.73. The van der Waals surface area contributed by atoms with Gasteiger partial charge < -0.3 is 5.73 Å². The van der Waals surface area contributed by atoms with Crippen LogP contribution in [0.4, 0.5) is 0 Å². The Labute approximate surface area is 117 Å². The summed E-state index contributed by atoms with van der Waals surface area (Å²) < 4.78 is 0.870. The number of nitrogens with two attached hydrogens (primary N) is 1. The summed E-state index contributed by atoms with van der Waals surface area (Å²) in [6, 6.07) is 4.31. The van der Waals surface area contributed by atoms with E-state index in [1.54, 1.807) is 11.3 Å². The summed E-state index contributed by atoms with van der Waals surface area (Å²) in [5.41, 5.74) is 6.14. The lowest BCUT2D eigenvalue weighted by Gasteiger charge is -2.27. The summed E-state index contributed by atoms with van der Waals surface area (Å²) in [6.45, 7) is 2.11. The van der Waals surface area contributed by atoms with Crippen molar-refractivity contribution in [2.45, 2.75) is 55.6 Å². The van der Waals surface area contributed by atoms with Crippen molar-refractivity contribution >= 4 is 34.7 Å². The van der Waals surface area contributed by atoms with Gasteiger partial charge >= 0.3 is 0 Å². The summed E-state index contributed by atoms with van der Waals surface area (Å²) in [4.78, 5) is 1.33. The van der Waals surface area contributed by atoms with E-state index in [2.05, 4.69) is 24.8 Å². The molecule has 0 spiro atoms. The van der Waals surface area contributed by atoms with Crippen LogP contribution in [0.15, 0.2) is 12.1 Å². The second-order valence-electron chi connectivity index (χ2n) is 4.82. The minimum Gasteiger partial charge on any atom is -0.327 e. The van der Waals surface area contributed by atoms with Crippen LogP contribution in [0.2, 0.25) is 4.34 Å². The first-order chi connectivity index (χ1) is 8.16. The zero-order valence-electron chi connectivity index (χ0n) is 10.2. The van der Waals surface area contributed by atoms with E-state index in [-0.39, 0.29) is 6.04 Å². The van der Waals surface area contributed by atoms with E-state index in [1.807, 2.05) is 6.07 Å². The fourth-order valence-electron chi connectivity index (χ4n) is 2.34. The third-order valence-electron chi connectivity index (χ3n) is 3.24. The van der Waals surface area contributed by atoms with Crippen LogP contribution in [-0.2, 0) is 0 Å². The standard InChI is InChI=1S/C13H20ClNS2/c1-9(15)13(11-7-8-12(14)17-11)16-10-5-3-2-4-6-10/h7-10,13H,2-6,15H2,1H3. The lowest BCUT2D eigenvalue weighted by molar-refractivity contribution is 0.513. The molecule has 0 bridgehead atoms. The van der Waals surface area contributed by atoms with E-state index in [0.29, 0.717) is 5.25 Å². The van der Waals surface area contributed by atoms with Crippen LogP contribution in [-0.4, -0.2) is 11.3 Å². The quantitative estimate of drug-likeness (QED) is 0.857. The molecule has 1 heterocycles. The van der Waals surface area contributed by atoms with Gasteiger partial charge in [-0.05, 0) is 31.9 Å². The van der Waals surface area contributed by atoms with Gasteiger partial charge in [0.05, 0.1) is 9.59 Å². The number of halogens is 1. The molecule has 1 aromatic heterocycles. The van der Waals surface area contributed by atoms with Crippen LogP contribution in [0.3, 0.4) is 0 Å². The molecule has 4 heteroatoms. The Kier molecular flexibility index (Phi) is 5.22. The topological polar surface area (TPSA) is 26.0 Å². The van der Waals surface area contributed by atoms with Gasteiger partial charge in [0, 0.05) is 16.2 Å². The van der Waals surface area contributed by atoms with Gasteiger partial charge in [0.1, 0.15) is 0 Å². The Bertz CT molecular complexity index is 345. The molecule has 96 valence electrons. The molecule has 0 amide bonds. The molecule has 0 saturated heterocycles. The van der Waals surface area contributed by atoms with Crippen molar-refractivity contribution in [2.75, 3.05) is 0 Å². The highest BCUT2D eigenvalue weighted by Crippen LogP contribution is 2.42. The summed E-state index contributed by atoms with van der Waals surface area (Å²) in [5.74, 6) is 0. The molecule has 1 nitrogen and oxygen atoms in total. The highest BCUT2D eigenvalue weighted by molar-refractivity contribution is 8.00. The minimum atomic E-state index is 0.191. The van der Waals surface area contributed by atoms with Crippen LogP contribution in [0.1, 0.15) is 49.2 Å². The Balaban J connectivity index is 2.01. The van der Waals surface area contributed by atoms with Crippen molar-refractivity contribution in [1.82, 2.24) is 0 Å². The maximum atomic E-state index is 6.14. The molecule has 0 radical (unpaired) electrons. The SMILES string of the molecule is CC(N)C(SC1CCCCC1)c1ccc(Cl)s1. The lowest BCUT2D eigenvalue weighted by Crippen LogP contribution is -2.24. The third-order valence-corrected chi connectivity index (χ3v) is 6.54. The minimum absolute atomic E-state index is 0.191. The molecular weight excluding hydrogens is 270 g/mol. The maximum absolute atomic E-state index is 6.14. The summed E-state index contributed by atoms with van der Waals surface area (Å²) in [7, 11) is 0. The predicted octanol–water partition coefficient (Wildman–Crippen LogP) is 4.86. The zero-order valence-corrected chi connectivity index (χ0v) is 12.6. The van der Waals surface area contributed by atoms with Crippen LogP contribution in [0, 0.1) is 0 Å². The normalized spacial score (nSPS) is 21.4. The largest absolute Gasteiger partial charge is 0.327 e.